The highest BCUT2D eigenvalue weighted by Gasteiger charge is 2.21. The number of nitrogens with zero attached hydrogens (tertiary/aromatic N) is 2. The zero-order chi connectivity index (χ0) is 18.0. The topological polar surface area (TPSA) is 64.0 Å². The van der Waals surface area contributed by atoms with Crippen molar-refractivity contribution in [2.24, 2.45) is 0 Å². The van der Waals surface area contributed by atoms with Gasteiger partial charge in [-0.25, -0.2) is 4.98 Å². The number of carbonyl (C=O) groups is 1. The molecule has 1 N–H and O–H groups in total. The summed E-state index contributed by atoms with van der Waals surface area (Å²) in [6.45, 7) is 6.45. The van der Waals surface area contributed by atoms with Crippen molar-refractivity contribution < 1.29 is 4.79 Å². The van der Waals surface area contributed by atoms with Gasteiger partial charge in [-0.1, -0.05) is 23.9 Å². The van der Waals surface area contributed by atoms with Crippen LogP contribution in [0.1, 0.15) is 23.7 Å². The maximum absolute atomic E-state index is 12.5. The molecular formula is C18H21N3O2S2. The molecule has 1 aliphatic heterocycles. The zero-order valence-electron chi connectivity index (χ0n) is 14.6. The molecule has 0 spiro atoms. The Kier molecular flexibility index (Phi) is 5.54. The van der Waals surface area contributed by atoms with E-state index < -0.39 is 0 Å². The number of anilines is 1. The monoisotopic (exact) mass is 375 g/mol. The number of hydrogen-bond acceptors (Lipinski definition) is 5. The number of hydrogen-bond donors (Lipinski definition) is 1. The predicted molar refractivity (Wildman–Crippen MR) is 104 cm³/mol. The average Bonchev–Trinajstić information content (AvgIpc) is 3.05. The van der Waals surface area contributed by atoms with Crippen molar-refractivity contribution in [2.75, 3.05) is 16.8 Å². The fourth-order valence-electron chi connectivity index (χ4n) is 2.70. The average molecular weight is 376 g/mol. The number of aromatic nitrogens is 2. The molecule has 0 bridgehead atoms. The fourth-order valence-corrected chi connectivity index (χ4v) is 4.62. The second-order valence-corrected chi connectivity index (χ2v) is 8.02. The molecule has 1 aromatic carbocycles. The highest BCUT2D eigenvalue weighted by Crippen LogP contribution is 2.28. The van der Waals surface area contributed by atoms with Gasteiger partial charge in [0.2, 0.25) is 5.91 Å². The van der Waals surface area contributed by atoms with Crippen molar-refractivity contribution in [3.63, 3.8) is 0 Å². The van der Waals surface area contributed by atoms with Crippen molar-refractivity contribution in [1.82, 2.24) is 9.55 Å². The van der Waals surface area contributed by atoms with Crippen molar-refractivity contribution in [3.8, 4) is 0 Å². The normalized spacial score (nSPS) is 12.9. The van der Waals surface area contributed by atoms with Crippen LogP contribution in [0.3, 0.4) is 0 Å². The van der Waals surface area contributed by atoms with E-state index in [1.54, 1.807) is 16.3 Å². The van der Waals surface area contributed by atoms with Gasteiger partial charge in [0.25, 0.3) is 5.56 Å². The minimum absolute atomic E-state index is 0.0208. The minimum atomic E-state index is -0.0922. The summed E-state index contributed by atoms with van der Waals surface area (Å²) in [7, 11) is 0. The number of thioether (sulfide) groups is 2. The van der Waals surface area contributed by atoms with Gasteiger partial charge in [-0.05, 0) is 38.0 Å². The summed E-state index contributed by atoms with van der Waals surface area (Å²) in [6, 6.07) is 5.98. The summed E-state index contributed by atoms with van der Waals surface area (Å²) >= 11 is 2.90. The van der Waals surface area contributed by atoms with Gasteiger partial charge in [0.05, 0.1) is 16.3 Å². The van der Waals surface area contributed by atoms with E-state index in [4.69, 9.17) is 0 Å². The lowest BCUT2D eigenvalue weighted by Crippen LogP contribution is -2.25. The maximum Gasteiger partial charge on any atom is 0.268 e. The molecule has 1 aliphatic rings. The van der Waals surface area contributed by atoms with E-state index in [2.05, 4.69) is 10.3 Å². The van der Waals surface area contributed by atoms with E-state index >= 15 is 0 Å². The second-order valence-electron chi connectivity index (χ2n) is 5.97. The third-order valence-corrected chi connectivity index (χ3v) is 6.15. The van der Waals surface area contributed by atoms with Crippen molar-refractivity contribution in [3.05, 3.63) is 45.4 Å². The van der Waals surface area contributed by atoms with Crippen LogP contribution in [0.25, 0.3) is 0 Å². The van der Waals surface area contributed by atoms with Gasteiger partial charge in [0, 0.05) is 24.4 Å². The van der Waals surface area contributed by atoms with Crippen LogP contribution in [-0.2, 0) is 17.8 Å². The molecule has 0 atom stereocenters. The number of fused-ring (bicyclic) bond motifs is 1. The summed E-state index contributed by atoms with van der Waals surface area (Å²) in [5, 5.41) is 3.58. The third-order valence-electron chi connectivity index (χ3n) is 4.06. The molecule has 7 heteroatoms. The first kappa shape index (κ1) is 18.1. The molecule has 25 heavy (non-hydrogen) atoms. The molecular weight excluding hydrogens is 354 g/mol. The van der Waals surface area contributed by atoms with E-state index in [1.165, 1.54) is 11.8 Å². The fraction of sp³-hybridized carbons (Fsp3) is 0.389. The van der Waals surface area contributed by atoms with Gasteiger partial charge in [0.1, 0.15) is 0 Å². The predicted octanol–water partition coefficient (Wildman–Crippen LogP) is 3.26. The number of aryl methyl sites for hydroxylation is 3. The van der Waals surface area contributed by atoms with Gasteiger partial charge in [-0.2, -0.15) is 0 Å². The van der Waals surface area contributed by atoms with Crippen LogP contribution >= 0.6 is 23.5 Å². The lowest BCUT2D eigenvalue weighted by atomic mass is 10.1. The first-order valence-corrected chi connectivity index (χ1v) is 10.2. The Morgan fingerprint density at radius 3 is 2.96 bits per heavy atom. The summed E-state index contributed by atoms with van der Waals surface area (Å²) < 4.78 is 1.66. The molecule has 0 unspecified atom stereocenters. The lowest BCUT2D eigenvalue weighted by molar-refractivity contribution is -0.113. The van der Waals surface area contributed by atoms with Gasteiger partial charge in [-0.15, -0.1) is 11.8 Å². The molecule has 2 aromatic rings. The molecule has 5 nitrogen and oxygen atoms in total. The standard InChI is InChI=1S/C18H21N3O2S2/c1-4-21-17(23)16-13(7-8-24-16)20-18(21)25-10-15(22)19-14-9-11(2)5-6-12(14)3/h5-6,9H,4,7-8,10H2,1-3H3,(H,19,22). The Morgan fingerprint density at radius 2 is 2.20 bits per heavy atom. The summed E-state index contributed by atoms with van der Waals surface area (Å²) in [5.41, 5.74) is 3.86. The van der Waals surface area contributed by atoms with Crippen molar-refractivity contribution in [1.29, 1.82) is 0 Å². The summed E-state index contributed by atoms with van der Waals surface area (Å²) in [4.78, 5) is 30.2. The first-order valence-electron chi connectivity index (χ1n) is 8.26. The molecule has 0 radical (unpaired) electrons. The Bertz CT molecular complexity index is 877. The van der Waals surface area contributed by atoms with E-state index in [9.17, 15) is 9.59 Å². The quantitative estimate of drug-likeness (QED) is 0.642. The van der Waals surface area contributed by atoms with Crippen LogP contribution in [0.5, 0.6) is 0 Å². The van der Waals surface area contributed by atoms with Crippen LogP contribution in [-0.4, -0.2) is 27.0 Å². The summed E-state index contributed by atoms with van der Waals surface area (Å²) in [5.74, 6) is 1.04. The highest BCUT2D eigenvalue weighted by molar-refractivity contribution is 8.00. The van der Waals surface area contributed by atoms with E-state index in [1.807, 2.05) is 39.0 Å². The largest absolute Gasteiger partial charge is 0.325 e. The molecule has 0 saturated carbocycles. The lowest BCUT2D eigenvalue weighted by Gasteiger charge is -2.12. The van der Waals surface area contributed by atoms with Crippen LogP contribution in [0.2, 0.25) is 0 Å². The molecule has 132 valence electrons. The van der Waals surface area contributed by atoms with E-state index in [-0.39, 0.29) is 17.2 Å². The van der Waals surface area contributed by atoms with Crippen LogP contribution in [0.15, 0.2) is 33.0 Å². The van der Waals surface area contributed by atoms with Gasteiger partial charge in [-0.3, -0.25) is 14.2 Å². The Hall–Kier alpha value is -1.73. The maximum atomic E-state index is 12.5. The van der Waals surface area contributed by atoms with Crippen LogP contribution in [0, 0.1) is 13.8 Å². The number of carbonyl (C=O) groups excluding carboxylic acids is 1. The first-order chi connectivity index (χ1) is 12.0. The molecule has 1 amide bonds. The SMILES string of the molecule is CCn1c(SCC(=O)Nc2cc(C)ccc2C)nc2c(c1=O)SCC2. The Morgan fingerprint density at radius 1 is 1.40 bits per heavy atom. The second kappa shape index (κ2) is 7.66. The smallest absolute Gasteiger partial charge is 0.268 e. The van der Waals surface area contributed by atoms with E-state index in [0.29, 0.717) is 11.7 Å². The Labute approximate surface area is 155 Å². The molecule has 0 fully saturated rings. The minimum Gasteiger partial charge on any atom is -0.325 e. The number of rotatable bonds is 5. The van der Waals surface area contributed by atoms with Crippen LogP contribution in [0.4, 0.5) is 5.69 Å². The van der Waals surface area contributed by atoms with Crippen molar-refractivity contribution in [2.45, 2.75) is 43.8 Å². The van der Waals surface area contributed by atoms with E-state index in [0.717, 1.165) is 39.6 Å². The zero-order valence-corrected chi connectivity index (χ0v) is 16.2. The third kappa shape index (κ3) is 3.93. The molecule has 0 aliphatic carbocycles. The van der Waals surface area contributed by atoms with Crippen molar-refractivity contribution >= 4 is 35.1 Å². The van der Waals surface area contributed by atoms with Gasteiger partial charge >= 0.3 is 0 Å². The van der Waals surface area contributed by atoms with Gasteiger partial charge < -0.3 is 5.32 Å². The number of benzene rings is 1. The Balaban J connectivity index is 1.73. The molecule has 2 heterocycles. The highest BCUT2D eigenvalue weighted by atomic mass is 32.2. The van der Waals surface area contributed by atoms with Crippen LogP contribution < -0.4 is 10.9 Å². The molecule has 3 rings (SSSR count). The summed E-state index contributed by atoms with van der Waals surface area (Å²) in [6.07, 6.45) is 0.821. The molecule has 1 aromatic heterocycles. The number of amides is 1. The number of nitrogens with one attached hydrogen (secondary N) is 1. The molecule has 0 saturated heterocycles. The van der Waals surface area contributed by atoms with Gasteiger partial charge in [0.15, 0.2) is 5.16 Å².